The Hall–Kier alpha value is -1.84. The highest BCUT2D eigenvalue weighted by molar-refractivity contribution is 14.0. The normalized spacial score (nSPS) is 17.4. The number of aliphatic imine (C=N–C) groups is 1. The van der Waals surface area contributed by atoms with Crippen LogP contribution in [0.25, 0.3) is 0 Å². The second kappa shape index (κ2) is 8.90. The fraction of sp³-hybridized carbons (Fsp3) is 0.474. The lowest BCUT2D eigenvalue weighted by Crippen LogP contribution is -2.51. The van der Waals surface area contributed by atoms with Crippen molar-refractivity contribution in [1.29, 1.82) is 0 Å². The van der Waals surface area contributed by atoms with Gasteiger partial charge in [-0.1, -0.05) is 0 Å². The van der Waals surface area contributed by atoms with Crippen molar-refractivity contribution in [3.63, 3.8) is 0 Å². The van der Waals surface area contributed by atoms with E-state index in [1.165, 1.54) is 30.8 Å². The molecule has 0 atom stereocenters. The van der Waals surface area contributed by atoms with Gasteiger partial charge in [-0.05, 0) is 37.1 Å². The quantitative estimate of drug-likeness (QED) is 0.414. The maximum absolute atomic E-state index is 13.1. The minimum atomic E-state index is -0.204. The van der Waals surface area contributed by atoms with Gasteiger partial charge >= 0.3 is 0 Å². The van der Waals surface area contributed by atoms with Gasteiger partial charge in [0.2, 0.25) is 0 Å². The number of anilines is 1. The summed E-state index contributed by atoms with van der Waals surface area (Å²) in [6.45, 7) is 4.91. The minimum absolute atomic E-state index is 0. The molecule has 8 heteroatoms. The summed E-state index contributed by atoms with van der Waals surface area (Å²) in [7, 11) is 0. The minimum Gasteiger partial charge on any atom is -0.370 e. The molecule has 1 aromatic heterocycles. The van der Waals surface area contributed by atoms with Gasteiger partial charge in [-0.3, -0.25) is 0 Å². The smallest absolute Gasteiger partial charge is 0.191 e. The number of nitrogens with two attached hydrogens (primary N) is 1. The first-order chi connectivity index (χ1) is 12.7. The lowest BCUT2D eigenvalue weighted by atomic mass is 10.2. The summed E-state index contributed by atoms with van der Waals surface area (Å²) in [6.07, 6.45) is 5.62. The van der Waals surface area contributed by atoms with Gasteiger partial charge in [0.15, 0.2) is 5.96 Å². The van der Waals surface area contributed by atoms with Crippen molar-refractivity contribution in [2.45, 2.75) is 32.4 Å². The van der Waals surface area contributed by atoms with E-state index in [1.807, 2.05) is 12.1 Å². The first kappa shape index (κ1) is 19.9. The molecule has 6 nitrogen and oxygen atoms in total. The zero-order valence-electron chi connectivity index (χ0n) is 15.4. The Balaban J connectivity index is 0.00000210. The summed E-state index contributed by atoms with van der Waals surface area (Å²) in [6, 6.07) is 6.65. The zero-order valence-corrected chi connectivity index (χ0v) is 17.7. The molecule has 3 heterocycles. The van der Waals surface area contributed by atoms with Crippen molar-refractivity contribution in [1.82, 2.24) is 14.5 Å². The molecule has 1 saturated heterocycles. The standard InChI is InChI=1S/C19H25FN6.HI/c20-15-4-6-17(7-5-15)24-9-11-25(12-10-24)19(21)22-13-16-14-26-8-2-1-3-18(26)23-16;/h4-7,14H,1-3,8-13H2,(H2,21,22);1H. The molecule has 0 bridgehead atoms. The molecule has 1 fully saturated rings. The molecule has 2 aromatic rings. The molecular weight excluding hydrogens is 458 g/mol. The van der Waals surface area contributed by atoms with Gasteiger partial charge in [0, 0.05) is 51.0 Å². The molecule has 0 saturated carbocycles. The van der Waals surface area contributed by atoms with E-state index >= 15 is 0 Å². The van der Waals surface area contributed by atoms with Crippen molar-refractivity contribution in [2.75, 3.05) is 31.1 Å². The first-order valence-electron chi connectivity index (χ1n) is 9.29. The fourth-order valence-electron chi connectivity index (χ4n) is 3.66. The number of nitrogens with zero attached hydrogens (tertiary/aromatic N) is 5. The number of halogens is 2. The largest absolute Gasteiger partial charge is 0.370 e. The van der Waals surface area contributed by atoms with Crippen molar-refractivity contribution in [2.24, 2.45) is 10.7 Å². The molecular formula is C19H26FIN6. The number of guanidine groups is 1. The zero-order chi connectivity index (χ0) is 17.9. The monoisotopic (exact) mass is 484 g/mol. The Morgan fingerprint density at radius 1 is 1.07 bits per heavy atom. The second-order valence-electron chi connectivity index (χ2n) is 6.92. The van der Waals surface area contributed by atoms with Gasteiger partial charge in [-0.15, -0.1) is 24.0 Å². The van der Waals surface area contributed by atoms with E-state index in [-0.39, 0.29) is 29.8 Å². The third-order valence-electron chi connectivity index (χ3n) is 5.16. The van der Waals surface area contributed by atoms with Gasteiger partial charge in [0.25, 0.3) is 0 Å². The van der Waals surface area contributed by atoms with Crippen LogP contribution in [0.2, 0.25) is 0 Å². The number of imidazole rings is 1. The molecule has 1 aromatic carbocycles. The summed E-state index contributed by atoms with van der Waals surface area (Å²) >= 11 is 0. The summed E-state index contributed by atoms with van der Waals surface area (Å²) in [4.78, 5) is 13.6. The van der Waals surface area contributed by atoms with Gasteiger partial charge in [-0.25, -0.2) is 14.4 Å². The van der Waals surface area contributed by atoms with E-state index in [0.717, 1.165) is 50.5 Å². The number of aryl methyl sites for hydroxylation is 2. The number of aromatic nitrogens is 2. The summed E-state index contributed by atoms with van der Waals surface area (Å²) in [5, 5.41) is 0. The van der Waals surface area contributed by atoms with Gasteiger partial charge in [-0.2, -0.15) is 0 Å². The predicted octanol–water partition coefficient (Wildman–Crippen LogP) is 2.61. The highest BCUT2D eigenvalue weighted by atomic mass is 127. The van der Waals surface area contributed by atoms with Crippen LogP contribution in [0.15, 0.2) is 35.5 Å². The fourth-order valence-corrected chi connectivity index (χ4v) is 3.66. The summed E-state index contributed by atoms with van der Waals surface area (Å²) in [5.41, 5.74) is 8.24. The van der Waals surface area contributed by atoms with Crippen LogP contribution in [0.3, 0.4) is 0 Å². The highest BCUT2D eigenvalue weighted by Crippen LogP contribution is 2.17. The Kier molecular flexibility index (Phi) is 6.56. The number of hydrogen-bond acceptors (Lipinski definition) is 3. The summed E-state index contributed by atoms with van der Waals surface area (Å²) in [5.74, 6) is 1.55. The van der Waals surface area contributed by atoms with Gasteiger partial charge < -0.3 is 20.1 Å². The maximum atomic E-state index is 13.1. The van der Waals surface area contributed by atoms with E-state index < -0.39 is 0 Å². The van der Waals surface area contributed by atoms with E-state index in [1.54, 1.807) is 0 Å². The van der Waals surface area contributed by atoms with E-state index in [2.05, 4.69) is 30.5 Å². The number of hydrogen-bond donors (Lipinski definition) is 1. The van der Waals surface area contributed by atoms with Gasteiger partial charge in [0.05, 0.1) is 12.2 Å². The van der Waals surface area contributed by atoms with Gasteiger partial charge in [0.1, 0.15) is 11.6 Å². The van der Waals surface area contributed by atoms with E-state index in [4.69, 9.17) is 5.73 Å². The average Bonchev–Trinajstić information content (AvgIpc) is 3.10. The van der Waals surface area contributed by atoms with Crippen LogP contribution in [-0.2, 0) is 19.5 Å². The lowest BCUT2D eigenvalue weighted by Gasteiger charge is -2.36. The predicted molar refractivity (Wildman–Crippen MR) is 116 cm³/mol. The Bertz CT molecular complexity index is 756. The number of benzene rings is 1. The molecule has 27 heavy (non-hydrogen) atoms. The van der Waals surface area contributed by atoms with Crippen LogP contribution >= 0.6 is 24.0 Å². The second-order valence-corrected chi connectivity index (χ2v) is 6.92. The maximum Gasteiger partial charge on any atom is 0.191 e. The number of rotatable bonds is 3. The lowest BCUT2D eigenvalue weighted by molar-refractivity contribution is 0.380. The SMILES string of the molecule is I.NC(=NCc1cn2c(n1)CCCC2)N1CCN(c2ccc(F)cc2)CC1. The molecule has 2 N–H and O–H groups in total. The Labute approximate surface area is 176 Å². The Morgan fingerprint density at radius 3 is 2.52 bits per heavy atom. The van der Waals surface area contributed by atoms with Crippen molar-refractivity contribution < 1.29 is 4.39 Å². The summed E-state index contributed by atoms with van der Waals surface area (Å²) < 4.78 is 15.3. The van der Waals surface area contributed by atoms with E-state index in [0.29, 0.717) is 12.5 Å². The van der Waals surface area contributed by atoms with Crippen LogP contribution in [-0.4, -0.2) is 46.6 Å². The molecule has 4 rings (SSSR count). The Morgan fingerprint density at radius 2 is 1.81 bits per heavy atom. The van der Waals surface area contributed by atoms with Crippen LogP contribution in [0.4, 0.5) is 10.1 Å². The molecule has 2 aliphatic heterocycles. The average molecular weight is 484 g/mol. The van der Waals surface area contributed by atoms with Crippen LogP contribution in [0, 0.1) is 5.82 Å². The van der Waals surface area contributed by atoms with Crippen LogP contribution in [0.1, 0.15) is 24.4 Å². The molecule has 0 unspecified atom stereocenters. The van der Waals surface area contributed by atoms with Crippen molar-refractivity contribution in [3.8, 4) is 0 Å². The van der Waals surface area contributed by atoms with Crippen molar-refractivity contribution in [3.05, 3.63) is 47.8 Å². The molecule has 0 amide bonds. The van der Waals surface area contributed by atoms with Crippen LogP contribution in [0.5, 0.6) is 0 Å². The van der Waals surface area contributed by atoms with Crippen LogP contribution < -0.4 is 10.6 Å². The highest BCUT2D eigenvalue weighted by Gasteiger charge is 2.19. The molecule has 146 valence electrons. The topological polar surface area (TPSA) is 62.7 Å². The van der Waals surface area contributed by atoms with Crippen molar-refractivity contribution >= 4 is 35.6 Å². The first-order valence-corrected chi connectivity index (χ1v) is 9.29. The molecule has 0 spiro atoms. The third-order valence-corrected chi connectivity index (χ3v) is 5.16. The number of piperazine rings is 1. The number of fused-ring (bicyclic) bond motifs is 1. The third kappa shape index (κ3) is 4.72. The molecule has 0 aliphatic carbocycles. The van der Waals surface area contributed by atoms with E-state index in [9.17, 15) is 4.39 Å². The molecule has 0 radical (unpaired) electrons. The molecule has 2 aliphatic rings.